The number of phenolic OH excluding ortho intramolecular Hbond substituents is 1. The van der Waals surface area contributed by atoms with Crippen LogP contribution in [0.2, 0.25) is 0 Å². The lowest BCUT2D eigenvalue weighted by atomic mass is 10.0. The molecule has 0 bridgehead atoms. The Kier molecular flexibility index (Phi) is 4.41. The highest BCUT2D eigenvalue weighted by Crippen LogP contribution is 2.33. The van der Waals surface area contributed by atoms with Crippen molar-refractivity contribution in [3.05, 3.63) is 48.5 Å². The molecule has 0 aromatic heterocycles. The van der Waals surface area contributed by atoms with Gasteiger partial charge in [-0.1, -0.05) is 44.2 Å². The van der Waals surface area contributed by atoms with Crippen molar-refractivity contribution in [2.45, 2.75) is 20.3 Å². The molecule has 0 aliphatic carbocycles. The molecule has 0 heterocycles. The highest BCUT2D eigenvalue weighted by Gasteiger charge is 2.16. The van der Waals surface area contributed by atoms with E-state index in [-0.39, 0.29) is 17.6 Å². The van der Waals surface area contributed by atoms with E-state index in [0.29, 0.717) is 5.75 Å². The van der Waals surface area contributed by atoms with Crippen molar-refractivity contribution in [3.63, 3.8) is 0 Å². The van der Waals surface area contributed by atoms with Gasteiger partial charge in [0.05, 0.1) is 5.92 Å². The quantitative estimate of drug-likeness (QED) is 0.674. The van der Waals surface area contributed by atoms with E-state index < -0.39 is 0 Å². The van der Waals surface area contributed by atoms with E-state index in [1.807, 2.05) is 44.2 Å². The van der Waals surface area contributed by atoms with Gasteiger partial charge in [-0.25, -0.2) is 0 Å². The number of ether oxygens (including phenoxy) is 1. The molecule has 0 amide bonds. The van der Waals surface area contributed by atoms with Crippen molar-refractivity contribution in [1.82, 2.24) is 0 Å². The molecule has 20 heavy (non-hydrogen) atoms. The van der Waals surface area contributed by atoms with E-state index >= 15 is 0 Å². The average molecular weight is 270 g/mol. The summed E-state index contributed by atoms with van der Waals surface area (Å²) in [5.41, 5.74) is 1.74. The maximum absolute atomic E-state index is 11.9. The standard InChI is InChI=1S/C17H18O3/c1-3-12(2)17(19)20-16-11-14(18)9-10-15(16)13-7-5-4-6-8-13/h4-12,18H,3H2,1-2H3. The van der Waals surface area contributed by atoms with Crippen LogP contribution in [-0.2, 0) is 4.79 Å². The van der Waals surface area contributed by atoms with Crippen molar-refractivity contribution >= 4 is 5.97 Å². The highest BCUT2D eigenvalue weighted by atomic mass is 16.5. The third-order valence-corrected chi connectivity index (χ3v) is 3.28. The number of esters is 1. The van der Waals surface area contributed by atoms with E-state index in [4.69, 9.17) is 4.74 Å². The topological polar surface area (TPSA) is 46.5 Å². The number of hydrogen-bond acceptors (Lipinski definition) is 3. The summed E-state index contributed by atoms with van der Waals surface area (Å²) in [4.78, 5) is 11.9. The van der Waals surface area contributed by atoms with Gasteiger partial charge in [-0.3, -0.25) is 4.79 Å². The average Bonchev–Trinajstić information content (AvgIpc) is 2.47. The van der Waals surface area contributed by atoms with Crippen LogP contribution >= 0.6 is 0 Å². The molecule has 104 valence electrons. The number of benzene rings is 2. The van der Waals surface area contributed by atoms with Gasteiger partial charge in [-0.2, -0.15) is 0 Å². The lowest BCUT2D eigenvalue weighted by molar-refractivity contribution is -0.138. The summed E-state index contributed by atoms with van der Waals surface area (Å²) in [7, 11) is 0. The summed E-state index contributed by atoms with van der Waals surface area (Å²) in [5.74, 6) is 0.0226. The summed E-state index contributed by atoms with van der Waals surface area (Å²) >= 11 is 0. The number of phenols is 1. The zero-order valence-corrected chi connectivity index (χ0v) is 11.7. The second kappa shape index (κ2) is 6.24. The molecule has 2 rings (SSSR count). The SMILES string of the molecule is CCC(C)C(=O)Oc1cc(O)ccc1-c1ccccc1. The molecular weight excluding hydrogens is 252 g/mol. The number of rotatable bonds is 4. The Bertz CT molecular complexity index is 590. The van der Waals surface area contributed by atoms with Crippen molar-refractivity contribution < 1.29 is 14.6 Å². The molecule has 2 aromatic carbocycles. The first-order valence-corrected chi connectivity index (χ1v) is 6.72. The molecule has 0 radical (unpaired) electrons. The molecular formula is C17H18O3. The number of carbonyl (C=O) groups is 1. The molecule has 1 unspecified atom stereocenters. The Labute approximate surface area is 118 Å². The van der Waals surface area contributed by atoms with Gasteiger partial charge in [0.15, 0.2) is 0 Å². The number of aromatic hydroxyl groups is 1. The van der Waals surface area contributed by atoms with E-state index in [1.165, 1.54) is 6.07 Å². The van der Waals surface area contributed by atoms with Gasteiger partial charge >= 0.3 is 5.97 Å². The normalized spacial score (nSPS) is 11.9. The molecule has 2 aromatic rings. The Morgan fingerprint density at radius 2 is 1.90 bits per heavy atom. The fourth-order valence-corrected chi connectivity index (χ4v) is 1.83. The van der Waals surface area contributed by atoms with Gasteiger partial charge in [0, 0.05) is 11.6 Å². The van der Waals surface area contributed by atoms with Crippen LogP contribution in [0.1, 0.15) is 20.3 Å². The Morgan fingerprint density at radius 3 is 2.55 bits per heavy atom. The highest BCUT2D eigenvalue weighted by molar-refractivity contribution is 5.79. The number of hydrogen-bond donors (Lipinski definition) is 1. The van der Waals surface area contributed by atoms with Crippen LogP contribution < -0.4 is 4.74 Å². The summed E-state index contributed by atoms with van der Waals surface area (Å²) in [6.07, 6.45) is 0.721. The number of carbonyl (C=O) groups excluding carboxylic acids is 1. The Morgan fingerprint density at radius 1 is 1.20 bits per heavy atom. The lowest BCUT2D eigenvalue weighted by Gasteiger charge is -2.13. The lowest BCUT2D eigenvalue weighted by Crippen LogP contribution is -2.17. The molecule has 3 nitrogen and oxygen atoms in total. The van der Waals surface area contributed by atoms with Gasteiger partial charge in [0.1, 0.15) is 11.5 Å². The van der Waals surface area contributed by atoms with Crippen LogP contribution in [0, 0.1) is 5.92 Å². The van der Waals surface area contributed by atoms with Crippen molar-refractivity contribution in [2.24, 2.45) is 5.92 Å². The summed E-state index contributed by atoms with van der Waals surface area (Å²) in [6, 6.07) is 14.5. The van der Waals surface area contributed by atoms with Gasteiger partial charge in [-0.15, -0.1) is 0 Å². The van der Waals surface area contributed by atoms with Crippen molar-refractivity contribution in [1.29, 1.82) is 0 Å². The molecule has 0 spiro atoms. The summed E-state index contributed by atoms with van der Waals surface area (Å²) < 4.78 is 5.43. The fraction of sp³-hybridized carbons (Fsp3) is 0.235. The van der Waals surface area contributed by atoms with Crippen LogP contribution in [-0.4, -0.2) is 11.1 Å². The van der Waals surface area contributed by atoms with Crippen molar-refractivity contribution in [3.8, 4) is 22.6 Å². The van der Waals surface area contributed by atoms with E-state index in [0.717, 1.165) is 17.5 Å². The predicted molar refractivity (Wildman–Crippen MR) is 78.6 cm³/mol. The fourth-order valence-electron chi connectivity index (χ4n) is 1.83. The van der Waals surface area contributed by atoms with Crippen LogP contribution in [0.15, 0.2) is 48.5 Å². The molecule has 0 saturated heterocycles. The largest absolute Gasteiger partial charge is 0.508 e. The van der Waals surface area contributed by atoms with Gasteiger partial charge in [0.2, 0.25) is 0 Å². The maximum atomic E-state index is 11.9. The minimum atomic E-state index is -0.282. The Hall–Kier alpha value is -2.29. The molecule has 3 heteroatoms. The molecule has 0 fully saturated rings. The molecule has 1 N–H and O–H groups in total. The summed E-state index contributed by atoms with van der Waals surface area (Å²) in [5, 5.41) is 9.60. The smallest absolute Gasteiger partial charge is 0.314 e. The zero-order valence-electron chi connectivity index (χ0n) is 11.7. The first-order valence-electron chi connectivity index (χ1n) is 6.72. The second-order valence-electron chi connectivity index (χ2n) is 4.78. The minimum Gasteiger partial charge on any atom is -0.508 e. The van der Waals surface area contributed by atoms with Gasteiger partial charge < -0.3 is 9.84 Å². The van der Waals surface area contributed by atoms with E-state index in [1.54, 1.807) is 12.1 Å². The molecule has 0 aliphatic heterocycles. The third kappa shape index (κ3) is 3.18. The molecule has 0 saturated carbocycles. The van der Waals surface area contributed by atoms with Crippen LogP contribution in [0.5, 0.6) is 11.5 Å². The first kappa shape index (κ1) is 14.1. The maximum Gasteiger partial charge on any atom is 0.314 e. The van der Waals surface area contributed by atoms with Crippen LogP contribution in [0.3, 0.4) is 0 Å². The predicted octanol–water partition coefficient (Wildman–Crippen LogP) is 4.01. The second-order valence-corrected chi connectivity index (χ2v) is 4.78. The van der Waals surface area contributed by atoms with Crippen molar-refractivity contribution in [2.75, 3.05) is 0 Å². The van der Waals surface area contributed by atoms with E-state index in [2.05, 4.69) is 0 Å². The van der Waals surface area contributed by atoms with E-state index in [9.17, 15) is 9.90 Å². The van der Waals surface area contributed by atoms with Crippen LogP contribution in [0.4, 0.5) is 0 Å². The monoisotopic (exact) mass is 270 g/mol. The third-order valence-electron chi connectivity index (χ3n) is 3.28. The Balaban J connectivity index is 2.37. The summed E-state index contributed by atoms with van der Waals surface area (Å²) in [6.45, 7) is 3.76. The molecule has 0 aliphatic rings. The van der Waals surface area contributed by atoms with Gasteiger partial charge in [0.25, 0.3) is 0 Å². The zero-order chi connectivity index (χ0) is 14.5. The minimum absolute atomic E-state index is 0.0802. The van der Waals surface area contributed by atoms with Gasteiger partial charge in [-0.05, 0) is 24.1 Å². The first-order chi connectivity index (χ1) is 9.61. The van der Waals surface area contributed by atoms with Crippen LogP contribution in [0.25, 0.3) is 11.1 Å². The molecule has 1 atom stereocenters.